The van der Waals surface area contributed by atoms with Crippen LogP contribution < -0.4 is 5.73 Å². The van der Waals surface area contributed by atoms with Crippen LogP contribution in [0, 0.1) is 13.8 Å². The Morgan fingerprint density at radius 1 is 1.04 bits per heavy atom. The number of halogens is 3. The number of anilines is 1. The summed E-state index contributed by atoms with van der Waals surface area (Å²) in [7, 11) is 0. The number of nitrogens with zero attached hydrogens (tertiary/aromatic N) is 4. The van der Waals surface area contributed by atoms with Gasteiger partial charge in [-0.25, -0.2) is 19.9 Å². The second kappa shape index (κ2) is 5.53. The molecule has 3 rings (SSSR count). The minimum atomic E-state index is -4.50. The summed E-state index contributed by atoms with van der Waals surface area (Å²) in [5.41, 5.74) is 6.13. The molecule has 0 saturated heterocycles. The summed E-state index contributed by atoms with van der Waals surface area (Å²) in [5, 5.41) is 1.64. The summed E-state index contributed by atoms with van der Waals surface area (Å²) in [5.74, 6) is 0.213. The number of aromatic nitrogens is 4. The number of alkyl halides is 3. The standard InChI is InChI=1S/C13H10F3N5S2/c1-5-6(2)23-11(18-5)7-3-9(17)21-10(19-7)12-20-8(4-22-12)13(14,15)16/h3-4H,1-2H3,(H2,17,19,21). The lowest BCUT2D eigenvalue weighted by molar-refractivity contribution is -0.140. The zero-order valence-corrected chi connectivity index (χ0v) is 13.6. The molecule has 3 aromatic heterocycles. The molecule has 3 heterocycles. The van der Waals surface area contributed by atoms with Crippen LogP contribution in [0.3, 0.4) is 0 Å². The van der Waals surface area contributed by atoms with Crippen LogP contribution in [0.1, 0.15) is 16.3 Å². The van der Waals surface area contributed by atoms with Gasteiger partial charge in [-0.1, -0.05) is 0 Å². The Morgan fingerprint density at radius 3 is 2.35 bits per heavy atom. The number of nitrogen functional groups attached to an aromatic ring is 1. The molecule has 0 unspecified atom stereocenters. The van der Waals surface area contributed by atoms with Crippen molar-refractivity contribution in [2.24, 2.45) is 0 Å². The fourth-order valence-electron chi connectivity index (χ4n) is 1.76. The van der Waals surface area contributed by atoms with Crippen molar-refractivity contribution in [3.05, 3.63) is 27.7 Å². The Morgan fingerprint density at radius 2 is 1.78 bits per heavy atom. The van der Waals surface area contributed by atoms with Crippen molar-refractivity contribution >= 4 is 28.5 Å². The molecule has 23 heavy (non-hydrogen) atoms. The van der Waals surface area contributed by atoms with Gasteiger partial charge in [0.05, 0.1) is 5.69 Å². The minimum Gasteiger partial charge on any atom is -0.384 e. The van der Waals surface area contributed by atoms with Crippen LogP contribution in [0.5, 0.6) is 0 Å². The van der Waals surface area contributed by atoms with Crippen molar-refractivity contribution in [2.45, 2.75) is 20.0 Å². The van der Waals surface area contributed by atoms with Gasteiger partial charge >= 0.3 is 6.18 Å². The minimum absolute atomic E-state index is 0.0611. The molecule has 0 aliphatic rings. The van der Waals surface area contributed by atoms with Gasteiger partial charge in [0.1, 0.15) is 16.5 Å². The van der Waals surface area contributed by atoms with Gasteiger partial charge in [0.15, 0.2) is 16.5 Å². The third-order valence-electron chi connectivity index (χ3n) is 2.98. The molecular formula is C13H10F3N5S2. The van der Waals surface area contributed by atoms with Gasteiger partial charge in [-0.2, -0.15) is 13.2 Å². The van der Waals surface area contributed by atoms with Crippen molar-refractivity contribution in [2.75, 3.05) is 5.73 Å². The average molecular weight is 357 g/mol. The molecule has 2 N–H and O–H groups in total. The summed E-state index contributed by atoms with van der Waals surface area (Å²) in [6.07, 6.45) is -4.50. The quantitative estimate of drug-likeness (QED) is 0.752. The molecule has 0 aliphatic carbocycles. The van der Waals surface area contributed by atoms with E-state index in [9.17, 15) is 13.2 Å². The fourth-order valence-corrected chi connectivity index (χ4v) is 3.39. The molecule has 10 heteroatoms. The van der Waals surface area contributed by atoms with E-state index < -0.39 is 11.9 Å². The van der Waals surface area contributed by atoms with E-state index in [1.165, 1.54) is 11.3 Å². The highest BCUT2D eigenvalue weighted by atomic mass is 32.1. The predicted molar refractivity (Wildman–Crippen MR) is 83.1 cm³/mol. The second-order valence-corrected chi connectivity index (χ2v) is 6.76. The number of rotatable bonds is 2. The summed E-state index contributed by atoms with van der Waals surface area (Å²) < 4.78 is 38.0. The van der Waals surface area contributed by atoms with Crippen LogP contribution in [0.2, 0.25) is 0 Å². The van der Waals surface area contributed by atoms with Crippen LogP contribution in [0.15, 0.2) is 11.4 Å². The largest absolute Gasteiger partial charge is 0.434 e. The van der Waals surface area contributed by atoms with E-state index in [4.69, 9.17) is 5.73 Å². The maximum absolute atomic E-state index is 12.7. The zero-order chi connectivity index (χ0) is 16.8. The molecule has 0 amide bonds. The Balaban J connectivity index is 2.05. The topological polar surface area (TPSA) is 77.6 Å². The predicted octanol–water partition coefficient (Wildman–Crippen LogP) is 3.94. The summed E-state index contributed by atoms with van der Waals surface area (Å²) in [6, 6.07) is 1.54. The molecular weight excluding hydrogens is 347 g/mol. The number of thiazole rings is 2. The van der Waals surface area contributed by atoms with Gasteiger partial charge in [0.2, 0.25) is 0 Å². The Bertz CT molecular complexity index is 849. The maximum Gasteiger partial charge on any atom is 0.434 e. The molecule has 0 spiro atoms. The van der Waals surface area contributed by atoms with Gasteiger partial charge in [-0.15, -0.1) is 22.7 Å². The van der Waals surface area contributed by atoms with Gasteiger partial charge in [0, 0.05) is 16.3 Å². The van der Waals surface area contributed by atoms with Crippen molar-refractivity contribution in [3.63, 3.8) is 0 Å². The highest BCUT2D eigenvalue weighted by Gasteiger charge is 2.34. The van der Waals surface area contributed by atoms with E-state index in [0.717, 1.165) is 27.3 Å². The van der Waals surface area contributed by atoms with Crippen molar-refractivity contribution in [3.8, 4) is 21.5 Å². The average Bonchev–Trinajstić information content (AvgIpc) is 3.06. The third kappa shape index (κ3) is 3.17. The highest BCUT2D eigenvalue weighted by Crippen LogP contribution is 2.34. The van der Waals surface area contributed by atoms with Gasteiger partial charge in [0.25, 0.3) is 0 Å². The Kier molecular flexibility index (Phi) is 3.80. The van der Waals surface area contributed by atoms with Crippen molar-refractivity contribution in [1.29, 1.82) is 0 Å². The van der Waals surface area contributed by atoms with E-state index in [1.54, 1.807) is 6.07 Å². The van der Waals surface area contributed by atoms with E-state index >= 15 is 0 Å². The van der Waals surface area contributed by atoms with Gasteiger partial charge in [-0.05, 0) is 13.8 Å². The van der Waals surface area contributed by atoms with Gasteiger partial charge in [-0.3, -0.25) is 0 Å². The van der Waals surface area contributed by atoms with Gasteiger partial charge < -0.3 is 5.73 Å². The van der Waals surface area contributed by atoms with E-state index in [2.05, 4.69) is 19.9 Å². The summed E-state index contributed by atoms with van der Waals surface area (Å²) in [4.78, 5) is 17.2. The monoisotopic (exact) mass is 357 g/mol. The number of aryl methyl sites for hydroxylation is 2. The fraction of sp³-hybridized carbons (Fsp3) is 0.231. The van der Waals surface area contributed by atoms with Crippen LogP contribution in [0.4, 0.5) is 19.0 Å². The lowest BCUT2D eigenvalue weighted by Crippen LogP contribution is -2.05. The molecule has 0 saturated carbocycles. The normalized spacial score (nSPS) is 11.9. The van der Waals surface area contributed by atoms with Crippen LogP contribution >= 0.6 is 22.7 Å². The summed E-state index contributed by atoms with van der Waals surface area (Å²) >= 11 is 2.26. The van der Waals surface area contributed by atoms with E-state index in [1.807, 2.05) is 13.8 Å². The van der Waals surface area contributed by atoms with Crippen LogP contribution in [-0.2, 0) is 6.18 Å². The Hall–Kier alpha value is -2.07. The van der Waals surface area contributed by atoms with Crippen molar-refractivity contribution in [1.82, 2.24) is 19.9 Å². The summed E-state index contributed by atoms with van der Waals surface area (Å²) in [6.45, 7) is 3.80. The first-order valence-corrected chi connectivity index (χ1v) is 8.05. The van der Waals surface area contributed by atoms with Crippen molar-refractivity contribution < 1.29 is 13.2 Å². The molecule has 0 bridgehead atoms. The first-order chi connectivity index (χ1) is 10.7. The molecule has 0 atom stereocenters. The SMILES string of the molecule is Cc1nc(-c2cc(N)nc(-c3nc(C(F)(F)F)cs3)n2)sc1C. The number of hydrogen-bond donors (Lipinski definition) is 1. The van der Waals surface area contributed by atoms with Crippen LogP contribution in [0.25, 0.3) is 21.5 Å². The Labute approximate surface area is 137 Å². The highest BCUT2D eigenvalue weighted by molar-refractivity contribution is 7.15. The third-order valence-corrected chi connectivity index (χ3v) is 4.91. The molecule has 5 nitrogen and oxygen atoms in total. The van der Waals surface area contributed by atoms with Crippen LogP contribution in [-0.4, -0.2) is 19.9 Å². The lowest BCUT2D eigenvalue weighted by Gasteiger charge is -2.02. The molecule has 0 fully saturated rings. The molecule has 0 aromatic carbocycles. The van der Waals surface area contributed by atoms with E-state index in [0.29, 0.717) is 10.7 Å². The number of hydrogen-bond acceptors (Lipinski definition) is 7. The first-order valence-electron chi connectivity index (χ1n) is 6.36. The maximum atomic E-state index is 12.7. The molecule has 0 aliphatic heterocycles. The number of nitrogens with two attached hydrogens (primary N) is 1. The molecule has 0 radical (unpaired) electrons. The first kappa shape index (κ1) is 15.8. The molecule has 120 valence electrons. The second-order valence-electron chi connectivity index (χ2n) is 4.70. The molecule has 3 aromatic rings. The zero-order valence-electron chi connectivity index (χ0n) is 12.0. The van der Waals surface area contributed by atoms with E-state index in [-0.39, 0.29) is 16.6 Å². The lowest BCUT2D eigenvalue weighted by atomic mass is 10.3. The smallest absolute Gasteiger partial charge is 0.384 e.